The van der Waals surface area contributed by atoms with Gasteiger partial charge in [0.05, 0.1) is 44.5 Å². The number of rotatable bonds is 4. The van der Waals surface area contributed by atoms with Gasteiger partial charge in [-0.3, -0.25) is 0 Å². The highest BCUT2D eigenvalue weighted by molar-refractivity contribution is 5.88. The van der Waals surface area contributed by atoms with Crippen LogP contribution in [0.3, 0.4) is 0 Å². The van der Waals surface area contributed by atoms with Crippen molar-refractivity contribution in [2.75, 3.05) is 11.5 Å². The van der Waals surface area contributed by atoms with Gasteiger partial charge in [0.25, 0.3) is 0 Å². The summed E-state index contributed by atoms with van der Waals surface area (Å²) in [6.45, 7) is 0. The first-order valence-corrected chi connectivity index (χ1v) is 16.6. The summed E-state index contributed by atoms with van der Waals surface area (Å²) < 4.78 is 345. The smallest absolute Gasteiger partial charge is 0.398 e. The molecule has 0 atom stereocenters. The van der Waals surface area contributed by atoms with E-state index in [1.165, 1.54) is 0 Å². The van der Waals surface area contributed by atoms with E-state index in [1.54, 1.807) is 0 Å². The largest absolute Gasteiger partial charge is 0.418 e. The minimum atomic E-state index is -6.36. The van der Waals surface area contributed by atoms with E-state index in [1.807, 2.05) is 0 Å². The second kappa shape index (κ2) is 15.3. The zero-order valence-corrected chi connectivity index (χ0v) is 30.2. The number of benzene rings is 5. The Kier molecular flexibility index (Phi) is 11.8. The molecule has 26 heteroatoms. The molecule has 346 valence electrons. The molecule has 0 aliphatic heterocycles. The van der Waals surface area contributed by atoms with Crippen LogP contribution in [0, 0.1) is 0 Å². The van der Waals surface area contributed by atoms with Gasteiger partial charge >= 0.3 is 49.4 Å². The Morgan fingerprint density at radius 3 is 0.609 bits per heavy atom. The number of hydrogen-bond acceptors (Lipinski definition) is 2. The molecular formula is C38H16F24N2. The van der Waals surface area contributed by atoms with Gasteiger partial charge in [-0.15, -0.1) is 0 Å². The van der Waals surface area contributed by atoms with Crippen LogP contribution in [0.4, 0.5) is 117 Å². The molecule has 0 unspecified atom stereocenters. The van der Waals surface area contributed by atoms with E-state index >= 15 is 0 Å². The molecule has 2 nitrogen and oxygen atoms in total. The van der Waals surface area contributed by atoms with Gasteiger partial charge in [-0.1, -0.05) is 12.1 Å². The van der Waals surface area contributed by atoms with E-state index in [0.717, 1.165) is 0 Å². The van der Waals surface area contributed by atoms with E-state index in [0.29, 0.717) is 12.1 Å². The van der Waals surface area contributed by atoms with Crippen LogP contribution < -0.4 is 11.5 Å². The lowest BCUT2D eigenvalue weighted by atomic mass is 9.83. The lowest BCUT2D eigenvalue weighted by Gasteiger charge is -2.26. The Morgan fingerprint density at radius 1 is 0.219 bits per heavy atom. The summed E-state index contributed by atoms with van der Waals surface area (Å²) in [6.07, 6.45) is -48.5. The maximum Gasteiger partial charge on any atom is 0.418 e. The van der Waals surface area contributed by atoms with Crippen LogP contribution in [0.15, 0.2) is 72.8 Å². The summed E-state index contributed by atoms with van der Waals surface area (Å²) in [5, 5.41) is 0. The average Bonchev–Trinajstić information content (AvgIpc) is 3.10. The zero-order valence-electron chi connectivity index (χ0n) is 30.2. The molecule has 0 aliphatic rings. The number of halogens is 24. The van der Waals surface area contributed by atoms with Crippen molar-refractivity contribution < 1.29 is 105 Å². The van der Waals surface area contributed by atoms with Gasteiger partial charge in [0.2, 0.25) is 0 Å². The maximum atomic E-state index is 14.7. The molecule has 0 aliphatic carbocycles. The Hall–Kier alpha value is -5.98. The molecule has 0 bridgehead atoms. The predicted molar refractivity (Wildman–Crippen MR) is 177 cm³/mol. The van der Waals surface area contributed by atoms with Crippen LogP contribution in [0.25, 0.3) is 44.5 Å². The highest BCUT2D eigenvalue weighted by Gasteiger charge is 2.48. The van der Waals surface area contributed by atoms with Gasteiger partial charge in [-0.2, -0.15) is 105 Å². The summed E-state index contributed by atoms with van der Waals surface area (Å²) in [5.74, 6) is 0. The van der Waals surface area contributed by atoms with Crippen molar-refractivity contribution in [2.24, 2.45) is 0 Å². The Bertz CT molecular complexity index is 2440. The maximum absolute atomic E-state index is 14.7. The first-order valence-electron chi connectivity index (χ1n) is 16.6. The highest BCUT2D eigenvalue weighted by atomic mass is 19.4. The first-order chi connectivity index (χ1) is 28.6. The fraction of sp³-hybridized carbons (Fsp3) is 0.211. The van der Waals surface area contributed by atoms with Crippen molar-refractivity contribution in [3.63, 3.8) is 0 Å². The van der Waals surface area contributed by atoms with Crippen molar-refractivity contribution in [3.05, 3.63) is 117 Å². The van der Waals surface area contributed by atoms with Crippen LogP contribution in [0.2, 0.25) is 0 Å². The van der Waals surface area contributed by atoms with Crippen molar-refractivity contribution in [2.45, 2.75) is 49.4 Å². The van der Waals surface area contributed by atoms with Crippen LogP contribution in [-0.4, -0.2) is 0 Å². The molecule has 4 N–H and O–H groups in total. The van der Waals surface area contributed by atoms with Gasteiger partial charge < -0.3 is 11.5 Å². The third-order valence-corrected chi connectivity index (χ3v) is 9.23. The van der Waals surface area contributed by atoms with Gasteiger partial charge in [0, 0.05) is 11.4 Å². The summed E-state index contributed by atoms with van der Waals surface area (Å²) in [7, 11) is 0. The van der Waals surface area contributed by atoms with Gasteiger partial charge in [0.15, 0.2) is 0 Å². The van der Waals surface area contributed by atoms with Crippen molar-refractivity contribution in [3.8, 4) is 44.5 Å². The molecule has 0 aromatic heterocycles. The quantitative estimate of drug-likeness (QED) is 0.139. The summed E-state index contributed by atoms with van der Waals surface area (Å²) >= 11 is 0. The minimum absolute atomic E-state index is 0.208. The SMILES string of the molecule is Nc1ccc(-c2cc(-c3cc(-c4cc(-c5ccc(N)c(C(F)(F)F)c5)c(C(F)(F)F)cc4C(F)(F)F)c(C(F)(F)F)cc3C(F)(F)F)c(C(F)(F)F)cc2C(F)(F)F)cc1C(F)(F)F. The summed E-state index contributed by atoms with van der Waals surface area (Å²) in [4.78, 5) is 0. The first kappa shape index (κ1) is 49.0. The summed E-state index contributed by atoms with van der Waals surface area (Å²) in [5.41, 5.74) is -28.2. The highest BCUT2D eigenvalue weighted by Crippen LogP contribution is 2.54. The van der Waals surface area contributed by atoms with Gasteiger partial charge in [-0.25, -0.2) is 0 Å². The summed E-state index contributed by atoms with van der Waals surface area (Å²) in [6, 6.07) is -4.18. The molecule has 0 saturated heterocycles. The van der Waals surface area contributed by atoms with Crippen LogP contribution in [0.5, 0.6) is 0 Å². The molecule has 5 aromatic rings. The van der Waals surface area contributed by atoms with Crippen LogP contribution >= 0.6 is 0 Å². The van der Waals surface area contributed by atoms with Crippen molar-refractivity contribution in [1.82, 2.24) is 0 Å². The number of alkyl halides is 24. The number of nitrogens with two attached hydrogens (primary N) is 2. The molecule has 0 heterocycles. The molecule has 64 heavy (non-hydrogen) atoms. The minimum Gasteiger partial charge on any atom is -0.398 e. The van der Waals surface area contributed by atoms with Crippen molar-refractivity contribution >= 4 is 11.4 Å². The van der Waals surface area contributed by atoms with Crippen LogP contribution in [0.1, 0.15) is 44.5 Å². The van der Waals surface area contributed by atoms with Crippen molar-refractivity contribution in [1.29, 1.82) is 0 Å². The number of nitrogen functional groups attached to an aromatic ring is 2. The van der Waals surface area contributed by atoms with Gasteiger partial charge in [0.1, 0.15) is 0 Å². The topological polar surface area (TPSA) is 52.0 Å². The van der Waals surface area contributed by atoms with Crippen LogP contribution in [-0.2, 0) is 49.4 Å². The van der Waals surface area contributed by atoms with E-state index < -0.39 is 186 Å². The lowest BCUT2D eigenvalue weighted by molar-refractivity contribution is -0.145. The monoisotopic (exact) mass is 956 g/mol. The number of hydrogen-bond donors (Lipinski definition) is 2. The second-order valence-electron chi connectivity index (χ2n) is 13.4. The molecule has 5 aromatic carbocycles. The predicted octanol–water partition coefficient (Wildman–Crippen LogP) is 15.7. The molecule has 5 rings (SSSR count). The van der Waals surface area contributed by atoms with E-state index in [2.05, 4.69) is 0 Å². The Labute approximate surface area is 339 Å². The average molecular weight is 957 g/mol. The molecule has 0 amide bonds. The molecular weight excluding hydrogens is 940 g/mol. The van der Waals surface area contributed by atoms with E-state index in [4.69, 9.17) is 11.5 Å². The lowest BCUT2D eigenvalue weighted by Crippen LogP contribution is -2.18. The normalized spacial score (nSPS) is 13.8. The fourth-order valence-electron chi connectivity index (χ4n) is 6.51. The fourth-order valence-corrected chi connectivity index (χ4v) is 6.51. The standard InChI is InChI=1S/C38H16F24N2/c39-31(40,41)21-10-23(33(45,46)47)17(7-15(21)13-1-3-29(63)27(5-13)37(57,58)59)19-9-20(26(36(54,55)56)12-25(19)35(51,52)53)18-8-16(14-2-4-30(64)28(6-14)38(60,61)62)22(32(42,43)44)11-24(18)34(48,49)50/h1-12H,63-64H2. The zero-order chi connectivity index (χ0) is 48.9. The second-order valence-corrected chi connectivity index (χ2v) is 13.4. The molecule has 0 saturated carbocycles. The Morgan fingerprint density at radius 2 is 0.406 bits per heavy atom. The van der Waals surface area contributed by atoms with E-state index in [9.17, 15) is 105 Å². The molecule has 0 spiro atoms. The Balaban J connectivity index is 2.08. The molecule has 0 radical (unpaired) electrons. The third-order valence-electron chi connectivity index (χ3n) is 9.23. The molecule has 0 fully saturated rings. The third kappa shape index (κ3) is 9.73. The number of anilines is 2. The van der Waals surface area contributed by atoms with E-state index in [-0.39, 0.29) is 24.3 Å². The van der Waals surface area contributed by atoms with Gasteiger partial charge in [-0.05, 0) is 105 Å².